The second kappa shape index (κ2) is 10.4. The van der Waals surface area contributed by atoms with E-state index >= 15 is 0 Å². The van der Waals surface area contributed by atoms with Crippen molar-refractivity contribution in [2.75, 3.05) is 19.0 Å². The number of amides is 1. The van der Waals surface area contributed by atoms with E-state index in [-0.39, 0.29) is 5.11 Å². The summed E-state index contributed by atoms with van der Waals surface area (Å²) in [5.41, 5.74) is 1.15. The summed E-state index contributed by atoms with van der Waals surface area (Å²) < 4.78 is 10.5. The highest BCUT2D eigenvalue weighted by molar-refractivity contribution is 7.80. The van der Waals surface area contributed by atoms with Gasteiger partial charge in [-0.25, -0.2) is 4.79 Å². The van der Waals surface area contributed by atoms with Crippen molar-refractivity contribution in [3.05, 3.63) is 59.7 Å². The minimum Gasteiger partial charge on any atom is -0.493 e. The van der Waals surface area contributed by atoms with Gasteiger partial charge >= 0.3 is 5.97 Å². The first kappa shape index (κ1) is 21.4. The van der Waals surface area contributed by atoms with Gasteiger partial charge in [0.2, 0.25) is 0 Å². The normalized spacial score (nSPS) is 10.3. The zero-order valence-corrected chi connectivity index (χ0v) is 17.0. The van der Waals surface area contributed by atoms with Crippen LogP contribution in [0.4, 0.5) is 5.69 Å². The van der Waals surface area contributed by atoms with E-state index in [1.807, 2.05) is 6.07 Å². The van der Waals surface area contributed by atoms with Crippen molar-refractivity contribution in [1.82, 2.24) is 5.32 Å². The third kappa shape index (κ3) is 6.06. The van der Waals surface area contributed by atoms with Crippen molar-refractivity contribution in [2.45, 2.75) is 20.3 Å². The summed E-state index contributed by atoms with van der Waals surface area (Å²) in [5.74, 6) is 0.111. The number of thiocarbonyl (C=S) groups is 1. The van der Waals surface area contributed by atoms with Gasteiger partial charge in [-0.15, -0.1) is 0 Å². The number of benzene rings is 2. The molecule has 0 radical (unpaired) electrons. The lowest BCUT2D eigenvalue weighted by molar-refractivity contribution is 0.0602. The number of carbonyl (C=O) groups is 2. The van der Waals surface area contributed by atoms with Gasteiger partial charge in [-0.05, 0) is 48.8 Å². The molecule has 6 nitrogen and oxygen atoms in total. The Labute approximate surface area is 170 Å². The van der Waals surface area contributed by atoms with Gasteiger partial charge in [-0.3, -0.25) is 10.1 Å². The van der Waals surface area contributed by atoms with Crippen LogP contribution in [0.25, 0.3) is 0 Å². The zero-order valence-electron chi connectivity index (χ0n) is 16.2. The number of hydrogen-bond donors (Lipinski definition) is 2. The quantitative estimate of drug-likeness (QED) is 0.540. The fourth-order valence-corrected chi connectivity index (χ4v) is 2.59. The van der Waals surface area contributed by atoms with Crippen LogP contribution in [0.3, 0.4) is 0 Å². The summed E-state index contributed by atoms with van der Waals surface area (Å²) in [7, 11) is 1.30. The molecule has 28 heavy (non-hydrogen) atoms. The number of hydrogen-bond acceptors (Lipinski definition) is 5. The van der Waals surface area contributed by atoms with Crippen molar-refractivity contribution >= 4 is 34.9 Å². The predicted molar refractivity (Wildman–Crippen MR) is 113 cm³/mol. The number of rotatable bonds is 7. The number of esters is 1. The van der Waals surface area contributed by atoms with Gasteiger partial charge in [-0.2, -0.15) is 0 Å². The Morgan fingerprint density at radius 2 is 1.68 bits per heavy atom. The monoisotopic (exact) mass is 400 g/mol. The van der Waals surface area contributed by atoms with Crippen LogP contribution in [0, 0.1) is 5.92 Å². The zero-order chi connectivity index (χ0) is 20.5. The van der Waals surface area contributed by atoms with Gasteiger partial charge in [0, 0.05) is 0 Å². The summed E-state index contributed by atoms with van der Waals surface area (Å²) in [6, 6.07) is 13.7. The van der Waals surface area contributed by atoms with E-state index in [9.17, 15) is 9.59 Å². The number of para-hydroxylation sites is 2. The van der Waals surface area contributed by atoms with Crippen LogP contribution < -0.4 is 15.4 Å². The Bertz CT molecular complexity index is 852. The van der Waals surface area contributed by atoms with Gasteiger partial charge in [0.25, 0.3) is 5.91 Å². The van der Waals surface area contributed by atoms with Crippen molar-refractivity contribution in [1.29, 1.82) is 0 Å². The third-order valence-corrected chi connectivity index (χ3v) is 4.10. The van der Waals surface area contributed by atoms with Crippen molar-refractivity contribution in [3.63, 3.8) is 0 Å². The molecule has 1 amide bonds. The molecule has 0 fully saturated rings. The highest BCUT2D eigenvalue weighted by Crippen LogP contribution is 2.19. The Morgan fingerprint density at radius 3 is 2.36 bits per heavy atom. The third-order valence-electron chi connectivity index (χ3n) is 3.89. The van der Waals surface area contributed by atoms with E-state index in [0.717, 1.165) is 6.42 Å². The van der Waals surface area contributed by atoms with Gasteiger partial charge in [0.05, 0.1) is 30.5 Å². The second-order valence-electron chi connectivity index (χ2n) is 6.47. The predicted octanol–water partition coefficient (Wildman–Crippen LogP) is 4.02. The maximum absolute atomic E-state index is 12.6. The van der Waals surface area contributed by atoms with Crippen LogP contribution in [0.5, 0.6) is 5.75 Å². The fraction of sp³-hybridized carbons (Fsp3) is 0.286. The Morgan fingerprint density at radius 1 is 1.04 bits per heavy atom. The number of anilines is 1. The SMILES string of the molecule is COC(=O)c1ccccc1NC(=S)NC(=O)c1ccccc1OCCC(C)C. The van der Waals surface area contributed by atoms with Gasteiger partial charge in [0.1, 0.15) is 5.75 Å². The van der Waals surface area contributed by atoms with E-state index in [1.54, 1.807) is 42.5 Å². The molecule has 0 bridgehead atoms. The smallest absolute Gasteiger partial charge is 0.339 e. The molecule has 0 aromatic heterocycles. The van der Waals surface area contributed by atoms with E-state index in [0.29, 0.717) is 35.1 Å². The lowest BCUT2D eigenvalue weighted by atomic mass is 10.1. The summed E-state index contributed by atoms with van der Waals surface area (Å²) in [5, 5.41) is 5.55. The first-order valence-electron chi connectivity index (χ1n) is 8.94. The standard InChI is InChI=1S/C21H24N2O4S/c1-14(2)12-13-27-18-11-7-5-9-16(18)19(24)23-21(28)22-17-10-6-4-8-15(17)20(25)26-3/h4-11,14H,12-13H2,1-3H3,(H2,22,23,24,28). The van der Waals surface area contributed by atoms with Crippen LogP contribution in [-0.2, 0) is 4.74 Å². The summed E-state index contributed by atoms with van der Waals surface area (Å²) in [6.45, 7) is 4.74. The molecule has 148 valence electrons. The summed E-state index contributed by atoms with van der Waals surface area (Å²) >= 11 is 5.22. The van der Waals surface area contributed by atoms with E-state index in [2.05, 4.69) is 24.5 Å². The van der Waals surface area contributed by atoms with Crippen molar-refractivity contribution < 1.29 is 19.1 Å². The second-order valence-corrected chi connectivity index (χ2v) is 6.88. The molecule has 0 atom stereocenters. The maximum atomic E-state index is 12.6. The molecule has 0 saturated carbocycles. The number of carbonyl (C=O) groups excluding carboxylic acids is 2. The molecular weight excluding hydrogens is 376 g/mol. The van der Waals surface area contributed by atoms with E-state index < -0.39 is 11.9 Å². The van der Waals surface area contributed by atoms with Crippen molar-refractivity contribution in [3.8, 4) is 5.75 Å². The number of methoxy groups -OCH3 is 1. The molecule has 0 unspecified atom stereocenters. The molecule has 2 rings (SSSR count). The molecule has 7 heteroatoms. The first-order valence-corrected chi connectivity index (χ1v) is 9.34. The van der Waals surface area contributed by atoms with Gasteiger partial charge in [0.15, 0.2) is 5.11 Å². The van der Waals surface area contributed by atoms with Crippen LogP contribution in [0.15, 0.2) is 48.5 Å². The fourth-order valence-electron chi connectivity index (χ4n) is 2.39. The molecule has 0 aliphatic carbocycles. The highest BCUT2D eigenvalue weighted by atomic mass is 32.1. The average Bonchev–Trinajstić information content (AvgIpc) is 2.67. The maximum Gasteiger partial charge on any atom is 0.339 e. The van der Waals surface area contributed by atoms with Gasteiger partial charge in [-0.1, -0.05) is 38.1 Å². The summed E-state index contributed by atoms with van der Waals surface area (Å²) in [6.07, 6.45) is 0.889. The minimum absolute atomic E-state index is 0.0679. The number of ether oxygens (including phenoxy) is 2. The molecule has 2 N–H and O–H groups in total. The Kier molecular flexibility index (Phi) is 7.95. The topological polar surface area (TPSA) is 76.7 Å². The lowest BCUT2D eigenvalue weighted by Gasteiger charge is -2.14. The van der Waals surface area contributed by atoms with E-state index in [4.69, 9.17) is 21.7 Å². The Balaban J connectivity index is 2.06. The molecule has 2 aromatic rings. The molecule has 0 heterocycles. The van der Waals surface area contributed by atoms with Crippen LogP contribution >= 0.6 is 12.2 Å². The molecular formula is C21H24N2O4S. The largest absolute Gasteiger partial charge is 0.493 e. The Hall–Kier alpha value is -2.93. The molecule has 0 aliphatic rings. The van der Waals surface area contributed by atoms with Crippen molar-refractivity contribution in [2.24, 2.45) is 5.92 Å². The molecule has 0 saturated heterocycles. The molecule has 2 aromatic carbocycles. The molecule has 0 aliphatic heterocycles. The van der Waals surface area contributed by atoms with Crippen LogP contribution in [-0.4, -0.2) is 30.7 Å². The van der Waals surface area contributed by atoms with Crippen LogP contribution in [0.1, 0.15) is 41.0 Å². The minimum atomic E-state index is -0.499. The van der Waals surface area contributed by atoms with Crippen LogP contribution in [0.2, 0.25) is 0 Å². The average molecular weight is 401 g/mol. The van der Waals surface area contributed by atoms with E-state index in [1.165, 1.54) is 7.11 Å². The first-order chi connectivity index (χ1) is 13.4. The number of nitrogens with one attached hydrogen (secondary N) is 2. The van der Waals surface area contributed by atoms with Gasteiger partial charge < -0.3 is 14.8 Å². The highest BCUT2D eigenvalue weighted by Gasteiger charge is 2.16. The molecule has 0 spiro atoms. The lowest BCUT2D eigenvalue weighted by Crippen LogP contribution is -2.34. The summed E-state index contributed by atoms with van der Waals surface area (Å²) in [4.78, 5) is 24.5.